The number of fused-ring (bicyclic) bond motifs is 3. The molecular weight excluding hydrogens is 446 g/mol. The molecule has 1 amide bonds. The second kappa shape index (κ2) is 9.15. The Morgan fingerprint density at radius 1 is 0.912 bits per heavy atom. The molecule has 170 valence electrons. The summed E-state index contributed by atoms with van der Waals surface area (Å²) in [6.45, 7) is 4.50. The number of aromatic nitrogens is 4. The lowest BCUT2D eigenvalue weighted by atomic mass is 10.1. The quantitative estimate of drug-likeness (QED) is 0.379. The molecule has 0 spiro atoms. The van der Waals surface area contributed by atoms with E-state index >= 15 is 0 Å². The molecule has 0 saturated heterocycles. The number of hydrogen-bond donors (Lipinski definition) is 1. The lowest BCUT2D eigenvalue weighted by Gasteiger charge is -2.11. The van der Waals surface area contributed by atoms with E-state index in [2.05, 4.69) is 15.5 Å². The topological polar surface area (TPSA) is 81.3 Å². The first-order valence-corrected chi connectivity index (χ1v) is 11.9. The van der Waals surface area contributed by atoms with Crippen LogP contribution in [0.3, 0.4) is 0 Å². The van der Waals surface area contributed by atoms with Gasteiger partial charge in [0.2, 0.25) is 11.7 Å². The molecule has 0 saturated carbocycles. The van der Waals surface area contributed by atoms with Crippen LogP contribution in [0.15, 0.2) is 82.7 Å². The number of carbonyl (C=O) groups excluding carboxylic acids is 1. The highest BCUT2D eigenvalue weighted by Crippen LogP contribution is 2.23. The third kappa shape index (κ3) is 4.20. The SMILES string of the molecule is Cc1ccc(CNC(=O)CSc2nnc3n(-c4ccc(C)cc4)c(=O)c4ccccc4n23)cc1. The third-order valence-electron chi connectivity index (χ3n) is 5.63. The Morgan fingerprint density at radius 3 is 2.32 bits per heavy atom. The minimum Gasteiger partial charge on any atom is -0.351 e. The molecule has 5 rings (SSSR count). The van der Waals surface area contributed by atoms with Crippen molar-refractivity contribution in [2.75, 3.05) is 5.75 Å². The highest BCUT2D eigenvalue weighted by atomic mass is 32.2. The van der Waals surface area contributed by atoms with Gasteiger partial charge < -0.3 is 5.32 Å². The summed E-state index contributed by atoms with van der Waals surface area (Å²) in [5, 5.41) is 12.7. The van der Waals surface area contributed by atoms with Crippen molar-refractivity contribution in [1.29, 1.82) is 0 Å². The number of aryl methyl sites for hydroxylation is 2. The first-order valence-electron chi connectivity index (χ1n) is 10.9. The predicted molar refractivity (Wildman–Crippen MR) is 135 cm³/mol. The number of amides is 1. The lowest BCUT2D eigenvalue weighted by Crippen LogP contribution is -2.24. The number of nitrogens with one attached hydrogen (secondary N) is 1. The number of rotatable bonds is 6. The zero-order valence-corrected chi connectivity index (χ0v) is 19.7. The van der Waals surface area contributed by atoms with Gasteiger partial charge in [0, 0.05) is 6.54 Å². The van der Waals surface area contributed by atoms with Crippen LogP contribution in [0.5, 0.6) is 0 Å². The van der Waals surface area contributed by atoms with Crippen LogP contribution in [-0.4, -0.2) is 30.8 Å². The van der Waals surface area contributed by atoms with Gasteiger partial charge in [-0.1, -0.05) is 71.4 Å². The van der Waals surface area contributed by atoms with Gasteiger partial charge in [-0.2, -0.15) is 0 Å². The van der Waals surface area contributed by atoms with Gasteiger partial charge >= 0.3 is 0 Å². The molecule has 0 fully saturated rings. The molecule has 2 heterocycles. The van der Waals surface area contributed by atoms with E-state index in [1.54, 1.807) is 10.6 Å². The van der Waals surface area contributed by atoms with Gasteiger partial charge in [0.1, 0.15) is 0 Å². The van der Waals surface area contributed by atoms with Crippen LogP contribution in [0.4, 0.5) is 0 Å². The summed E-state index contributed by atoms with van der Waals surface area (Å²) in [6.07, 6.45) is 0. The van der Waals surface area contributed by atoms with Crippen LogP contribution in [-0.2, 0) is 11.3 Å². The molecule has 7 nitrogen and oxygen atoms in total. The summed E-state index contributed by atoms with van der Waals surface area (Å²) in [5.41, 5.74) is 4.59. The second-order valence-corrected chi connectivity index (χ2v) is 9.10. The molecule has 5 aromatic rings. The standard InChI is InChI=1S/C26H23N5O2S/c1-17-7-11-19(12-8-17)15-27-23(32)16-34-26-29-28-25-30(20-13-9-18(2)10-14-20)24(33)21-5-3-4-6-22(21)31(25)26/h3-14H,15-16H2,1-2H3,(H,27,32). The van der Waals surface area contributed by atoms with Gasteiger partial charge in [-0.15, -0.1) is 10.2 Å². The molecular formula is C26H23N5O2S. The molecule has 0 unspecified atom stereocenters. The third-order valence-corrected chi connectivity index (χ3v) is 6.56. The van der Waals surface area contributed by atoms with E-state index in [9.17, 15) is 9.59 Å². The number of nitrogens with zero attached hydrogens (tertiary/aromatic N) is 4. The minimum absolute atomic E-state index is 0.0986. The molecule has 0 aliphatic carbocycles. The maximum atomic E-state index is 13.4. The average Bonchev–Trinajstić information content (AvgIpc) is 3.27. The monoisotopic (exact) mass is 469 g/mol. The molecule has 0 bridgehead atoms. The summed E-state index contributed by atoms with van der Waals surface area (Å²) in [7, 11) is 0. The maximum absolute atomic E-state index is 13.4. The Bertz CT molecular complexity index is 1550. The smallest absolute Gasteiger partial charge is 0.267 e. The summed E-state index contributed by atoms with van der Waals surface area (Å²) >= 11 is 1.29. The molecule has 0 atom stereocenters. The van der Waals surface area contributed by atoms with Crippen molar-refractivity contribution in [3.63, 3.8) is 0 Å². The number of para-hydroxylation sites is 1. The van der Waals surface area contributed by atoms with Gasteiger partial charge in [0.15, 0.2) is 5.16 Å². The minimum atomic E-state index is -0.160. The normalized spacial score (nSPS) is 11.2. The van der Waals surface area contributed by atoms with Crippen LogP contribution in [0.1, 0.15) is 16.7 Å². The summed E-state index contributed by atoms with van der Waals surface area (Å²) in [5.74, 6) is 0.499. The molecule has 0 aliphatic rings. The van der Waals surface area contributed by atoms with Gasteiger partial charge in [-0.05, 0) is 43.7 Å². The van der Waals surface area contributed by atoms with E-state index in [1.807, 2.05) is 85.0 Å². The van der Waals surface area contributed by atoms with Crippen molar-refractivity contribution >= 4 is 34.3 Å². The van der Waals surface area contributed by atoms with Crippen molar-refractivity contribution in [2.24, 2.45) is 0 Å². The first-order chi connectivity index (χ1) is 16.5. The Balaban J connectivity index is 1.46. The van der Waals surface area contributed by atoms with E-state index in [1.165, 1.54) is 17.3 Å². The Hall–Kier alpha value is -3.91. The molecule has 8 heteroatoms. The van der Waals surface area contributed by atoms with Gasteiger partial charge in [0.25, 0.3) is 5.56 Å². The molecule has 34 heavy (non-hydrogen) atoms. The van der Waals surface area contributed by atoms with Gasteiger partial charge in [-0.3, -0.25) is 14.0 Å². The zero-order valence-electron chi connectivity index (χ0n) is 18.9. The van der Waals surface area contributed by atoms with Gasteiger partial charge in [0.05, 0.1) is 22.3 Å². The van der Waals surface area contributed by atoms with Crippen LogP contribution >= 0.6 is 11.8 Å². The van der Waals surface area contributed by atoms with E-state index in [0.29, 0.717) is 34.1 Å². The predicted octanol–water partition coefficient (Wildman–Crippen LogP) is 4.06. The van der Waals surface area contributed by atoms with Gasteiger partial charge in [-0.25, -0.2) is 4.57 Å². The second-order valence-electron chi connectivity index (χ2n) is 8.16. The fraction of sp³-hybridized carbons (Fsp3) is 0.154. The highest BCUT2D eigenvalue weighted by Gasteiger charge is 2.18. The van der Waals surface area contributed by atoms with Crippen molar-refractivity contribution < 1.29 is 4.79 Å². The molecule has 3 aromatic carbocycles. The van der Waals surface area contributed by atoms with E-state index in [-0.39, 0.29) is 17.2 Å². The first kappa shape index (κ1) is 21.9. The Morgan fingerprint density at radius 2 is 1.59 bits per heavy atom. The fourth-order valence-corrected chi connectivity index (χ4v) is 4.56. The van der Waals surface area contributed by atoms with Crippen LogP contribution in [0, 0.1) is 13.8 Å². The van der Waals surface area contributed by atoms with Crippen molar-refractivity contribution in [3.8, 4) is 5.69 Å². The number of carbonyl (C=O) groups is 1. The highest BCUT2D eigenvalue weighted by molar-refractivity contribution is 7.99. The molecule has 0 radical (unpaired) electrons. The largest absolute Gasteiger partial charge is 0.351 e. The molecule has 0 aliphatic heterocycles. The van der Waals surface area contributed by atoms with E-state index in [0.717, 1.165) is 11.1 Å². The maximum Gasteiger partial charge on any atom is 0.267 e. The average molecular weight is 470 g/mol. The molecule has 1 N–H and O–H groups in total. The Labute approximate surface area is 200 Å². The van der Waals surface area contributed by atoms with Crippen molar-refractivity contribution in [2.45, 2.75) is 25.5 Å². The summed E-state index contributed by atoms with van der Waals surface area (Å²) < 4.78 is 3.41. The van der Waals surface area contributed by atoms with E-state index < -0.39 is 0 Å². The van der Waals surface area contributed by atoms with E-state index in [4.69, 9.17) is 0 Å². The van der Waals surface area contributed by atoms with Crippen molar-refractivity contribution in [1.82, 2.24) is 24.5 Å². The van der Waals surface area contributed by atoms with Crippen LogP contribution < -0.4 is 10.9 Å². The summed E-state index contributed by atoms with van der Waals surface area (Å²) in [4.78, 5) is 25.9. The lowest BCUT2D eigenvalue weighted by molar-refractivity contribution is -0.118. The fourth-order valence-electron chi connectivity index (χ4n) is 3.79. The Kier molecular flexibility index (Phi) is 5.90. The number of thioether (sulfide) groups is 1. The summed E-state index contributed by atoms with van der Waals surface area (Å²) in [6, 6.07) is 23.1. The zero-order chi connectivity index (χ0) is 23.7. The van der Waals surface area contributed by atoms with Crippen molar-refractivity contribution in [3.05, 3.63) is 99.8 Å². The van der Waals surface area contributed by atoms with Crippen LogP contribution in [0.2, 0.25) is 0 Å². The van der Waals surface area contributed by atoms with Crippen LogP contribution in [0.25, 0.3) is 22.4 Å². The molecule has 2 aromatic heterocycles. The number of hydrogen-bond acceptors (Lipinski definition) is 5. The number of benzene rings is 3.